The SMILES string of the molecule is CCOC(=O)c1nccc(NC(=O)c2nc(Cl)ccc2C)c1C. The van der Waals surface area contributed by atoms with Crippen LogP contribution in [0.25, 0.3) is 0 Å². The summed E-state index contributed by atoms with van der Waals surface area (Å²) in [6.45, 7) is 5.42. The fourth-order valence-corrected chi connectivity index (χ4v) is 2.14. The maximum absolute atomic E-state index is 12.4. The van der Waals surface area contributed by atoms with Crippen LogP contribution in [0, 0.1) is 13.8 Å². The molecule has 0 saturated carbocycles. The number of pyridine rings is 2. The number of hydrogen-bond donors (Lipinski definition) is 1. The summed E-state index contributed by atoms with van der Waals surface area (Å²) in [5, 5.41) is 2.96. The second kappa shape index (κ2) is 7.19. The zero-order valence-electron chi connectivity index (χ0n) is 13.0. The van der Waals surface area contributed by atoms with Gasteiger partial charge >= 0.3 is 5.97 Å². The molecule has 0 fully saturated rings. The van der Waals surface area contributed by atoms with E-state index in [0.717, 1.165) is 0 Å². The number of rotatable bonds is 4. The molecule has 0 aliphatic rings. The number of aromatic nitrogens is 2. The summed E-state index contributed by atoms with van der Waals surface area (Å²) in [5.74, 6) is -0.938. The molecule has 0 aliphatic carbocycles. The van der Waals surface area contributed by atoms with E-state index in [9.17, 15) is 9.59 Å². The molecule has 0 bridgehead atoms. The Kier molecular flexibility index (Phi) is 5.28. The molecule has 120 valence electrons. The summed E-state index contributed by atoms with van der Waals surface area (Å²) >= 11 is 5.83. The molecule has 2 rings (SSSR count). The first-order valence-electron chi connectivity index (χ1n) is 7.01. The maximum atomic E-state index is 12.4. The van der Waals surface area contributed by atoms with Gasteiger partial charge in [-0.2, -0.15) is 0 Å². The first-order valence-corrected chi connectivity index (χ1v) is 7.39. The molecule has 2 aromatic rings. The zero-order valence-corrected chi connectivity index (χ0v) is 13.8. The number of anilines is 1. The van der Waals surface area contributed by atoms with Gasteiger partial charge in [-0.15, -0.1) is 0 Å². The molecule has 0 atom stereocenters. The van der Waals surface area contributed by atoms with Crippen LogP contribution in [0.4, 0.5) is 5.69 Å². The maximum Gasteiger partial charge on any atom is 0.357 e. The number of carbonyl (C=O) groups is 2. The molecule has 6 nitrogen and oxygen atoms in total. The van der Waals surface area contributed by atoms with E-state index in [4.69, 9.17) is 16.3 Å². The number of hydrogen-bond acceptors (Lipinski definition) is 5. The summed E-state index contributed by atoms with van der Waals surface area (Å²) in [4.78, 5) is 32.3. The lowest BCUT2D eigenvalue weighted by Crippen LogP contribution is -2.18. The first kappa shape index (κ1) is 16.9. The lowest BCUT2D eigenvalue weighted by molar-refractivity contribution is 0.0518. The quantitative estimate of drug-likeness (QED) is 0.686. The van der Waals surface area contributed by atoms with Gasteiger partial charge in [-0.3, -0.25) is 4.79 Å². The zero-order chi connectivity index (χ0) is 17.0. The van der Waals surface area contributed by atoms with E-state index in [-0.39, 0.29) is 23.1 Å². The first-order chi connectivity index (χ1) is 10.9. The van der Waals surface area contributed by atoms with Gasteiger partial charge in [-0.1, -0.05) is 17.7 Å². The molecule has 0 spiro atoms. The second-order valence-corrected chi connectivity index (χ2v) is 5.19. The van der Waals surface area contributed by atoms with Crippen LogP contribution < -0.4 is 5.32 Å². The van der Waals surface area contributed by atoms with Crippen LogP contribution in [-0.2, 0) is 4.74 Å². The van der Waals surface area contributed by atoms with Crippen molar-refractivity contribution < 1.29 is 14.3 Å². The van der Waals surface area contributed by atoms with Crippen molar-refractivity contribution in [3.63, 3.8) is 0 Å². The van der Waals surface area contributed by atoms with Crippen molar-refractivity contribution in [1.29, 1.82) is 0 Å². The Morgan fingerprint density at radius 1 is 1.22 bits per heavy atom. The van der Waals surface area contributed by atoms with E-state index < -0.39 is 11.9 Å². The molecule has 1 N–H and O–H groups in total. The highest BCUT2D eigenvalue weighted by Crippen LogP contribution is 2.19. The van der Waals surface area contributed by atoms with Gasteiger partial charge in [0.25, 0.3) is 5.91 Å². The molecule has 1 amide bonds. The molecule has 7 heteroatoms. The van der Waals surface area contributed by atoms with Crippen LogP contribution >= 0.6 is 11.6 Å². The van der Waals surface area contributed by atoms with Gasteiger partial charge < -0.3 is 10.1 Å². The lowest BCUT2D eigenvalue weighted by Gasteiger charge is -2.11. The summed E-state index contributed by atoms with van der Waals surface area (Å²) in [6, 6.07) is 4.94. The number of esters is 1. The third-order valence-corrected chi connectivity index (χ3v) is 3.41. The van der Waals surface area contributed by atoms with Crippen molar-refractivity contribution in [2.75, 3.05) is 11.9 Å². The van der Waals surface area contributed by atoms with Crippen LogP contribution in [0.3, 0.4) is 0 Å². The molecular weight excluding hydrogens is 318 g/mol. The van der Waals surface area contributed by atoms with Crippen molar-refractivity contribution in [1.82, 2.24) is 9.97 Å². The van der Waals surface area contributed by atoms with Gasteiger partial charge in [0, 0.05) is 17.4 Å². The van der Waals surface area contributed by atoms with Gasteiger partial charge in [-0.05, 0) is 38.5 Å². The molecule has 0 saturated heterocycles. The van der Waals surface area contributed by atoms with E-state index in [1.165, 1.54) is 6.20 Å². The highest BCUT2D eigenvalue weighted by Gasteiger charge is 2.17. The third kappa shape index (κ3) is 3.84. The number of nitrogens with one attached hydrogen (secondary N) is 1. The molecule has 23 heavy (non-hydrogen) atoms. The Bertz CT molecular complexity index is 762. The van der Waals surface area contributed by atoms with Gasteiger partial charge in [0.15, 0.2) is 5.69 Å². The number of halogens is 1. The smallest absolute Gasteiger partial charge is 0.357 e. The fourth-order valence-electron chi connectivity index (χ4n) is 1.99. The topological polar surface area (TPSA) is 81.2 Å². The Morgan fingerprint density at radius 2 is 1.96 bits per heavy atom. The monoisotopic (exact) mass is 333 g/mol. The van der Waals surface area contributed by atoms with Gasteiger partial charge in [0.2, 0.25) is 0 Å². The van der Waals surface area contributed by atoms with Crippen molar-refractivity contribution in [2.45, 2.75) is 20.8 Å². The van der Waals surface area contributed by atoms with Crippen LogP contribution in [0.2, 0.25) is 5.15 Å². The van der Waals surface area contributed by atoms with Crippen molar-refractivity contribution in [3.8, 4) is 0 Å². The molecule has 2 aromatic heterocycles. The van der Waals surface area contributed by atoms with Gasteiger partial charge in [-0.25, -0.2) is 14.8 Å². The fraction of sp³-hybridized carbons (Fsp3) is 0.250. The Balaban J connectivity index is 2.30. The summed E-state index contributed by atoms with van der Waals surface area (Å²) < 4.78 is 4.94. The van der Waals surface area contributed by atoms with Crippen LogP contribution in [0.1, 0.15) is 39.0 Å². The molecular formula is C16H16ClN3O3. The number of nitrogens with zero attached hydrogens (tertiary/aromatic N) is 2. The number of aryl methyl sites for hydroxylation is 1. The Labute approximate surface area is 138 Å². The standard InChI is InChI=1S/C16H16ClN3O3/c1-4-23-16(22)14-10(3)11(7-8-18-14)19-15(21)13-9(2)5-6-12(17)20-13/h5-8H,4H2,1-3H3,(H,18,19,21). The molecule has 0 aromatic carbocycles. The normalized spacial score (nSPS) is 10.3. The molecule has 0 unspecified atom stereocenters. The predicted octanol–water partition coefficient (Wildman–Crippen LogP) is 3.18. The summed E-state index contributed by atoms with van der Waals surface area (Å²) in [6.07, 6.45) is 1.44. The van der Waals surface area contributed by atoms with E-state index in [0.29, 0.717) is 16.8 Å². The van der Waals surface area contributed by atoms with Gasteiger partial charge in [0.1, 0.15) is 10.8 Å². The molecule has 0 radical (unpaired) electrons. The minimum atomic E-state index is -0.529. The Morgan fingerprint density at radius 3 is 2.65 bits per heavy atom. The van der Waals surface area contributed by atoms with Crippen molar-refractivity contribution in [2.24, 2.45) is 0 Å². The Hall–Kier alpha value is -2.47. The van der Waals surface area contributed by atoms with E-state index >= 15 is 0 Å². The third-order valence-electron chi connectivity index (χ3n) is 3.20. The lowest BCUT2D eigenvalue weighted by atomic mass is 10.1. The van der Waals surface area contributed by atoms with E-state index in [1.807, 2.05) is 0 Å². The highest BCUT2D eigenvalue weighted by molar-refractivity contribution is 6.29. The molecule has 2 heterocycles. The number of ether oxygens (including phenoxy) is 1. The highest BCUT2D eigenvalue weighted by atomic mass is 35.5. The van der Waals surface area contributed by atoms with Crippen molar-refractivity contribution >= 4 is 29.2 Å². The summed E-state index contributed by atoms with van der Waals surface area (Å²) in [7, 11) is 0. The summed E-state index contributed by atoms with van der Waals surface area (Å²) in [5.41, 5.74) is 2.09. The van der Waals surface area contributed by atoms with Crippen molar-refractivity contribution in [3.05, 3.63) is 52.1 Å². The molecule has 0 aliphatic heterocycles. The number of carbonyl (C=O) groups excluding carboxylic acids is 2. The predicted molar refractivity (Wildman–Crippen MR) is 86.9 cm³/mol. The minimum Gasteiger partial charge on any atom is -0.461 e. The average molecular weight is 334 g/mol. The number of amides is 1. The van der Waals surface area contributed by atoms with Crippen LogP contribution in [-0.4, -0.2) is 28.5 Å². The largest absolute Gasteiger partial charge is 0.461 e. The van der Waals surface area contributed by atoms with Gasteiger partial charge in [0.05, 0.1) is 6.61 Å². The van der Waals surface area contributed by atoms with E-state index in [1.54, 1.807) is 39.0 Å². The minimum absolute atomic E-state index is 0.167. The van der Waals surface area contributed by atoms with E-state index in [2.05, 4.69) is 15.3 Å². The average Bonchev–Trinajstić information content (AvgIpc) is 2.51. The van der Waals surface area contributed by atoms with Crippen LogP contribution in [0.5, 0.6) is 0 Å². The second-order valence-electron chi connectivity index (χ2n) is 4.81. The van der Waals surface area contributed by atoms with Crippen LogP contribution in [0.15, 0.2) is 24.4 Å².